The Balaban J connectivity index is 1.62. The van der Waals surface area contributed by atoms with Gasteiger partial charge in [0.1, 0.15) is 0 Å². The first-order chi connectivity index (χ1) is 15.5. The SMILES string of the molecule is C=C(CC[C@@H](C)[C@H]1CC(=O)C2=C3C[C@H](O)C4[C@@H](O)[C@@H](O)CC[C@]4(C)[C@H]3CC[C@@]21C)[C@H](C)CO. The molecule has 0 aromatic carbocycles. The Morgan fingerprint density at radius 3 is 2.45 bits per heavy atom. The van der Waals surface area contributed by atoms with Gasteiger partial charge in [-0.25, -0.2) is 0 Å². The Morgan fingerprint density at radius 2 is 1.79 bits per heavy atom. The van der Waals surface area contributed by atoms with Crippen LogP contribution < -0.4 is 0 Å². The second-order valence-electron chi connectivity index (χ2n) is 12.3. The molecule has 0 saturated heterocycles. The maximum atomic E-state index is 13.5. The molecule has 4 aliphatic rings. The first kappa shape index (κ1) is 25.1. The van der Waals surface area contributed by atoms with Gasteiger partial charge in [-0.15, -0.1) is 0 Å². The van der Waals surface area contributed by atoms with Gasteiger partial charge in [0, 0.05) is 24.5 Å². The average molecular weight is 461 g/mol. The minimum absolute atomic E-state index is 0.105. The van der Waals surface area contributed by atoms with Crippen molar-refractivity contribution in [3.63, 3.8) is 0 Å². The molecule has 3 fully saturated rings. The molecule has 0 spiro atoms. The molecule has 5 heteroatoms. The van der Waals surface area contributed by atoms with E-state index in [2.05, 4.69) is 27.4 Å². The number of Topliss-reactive ketones (excluding diaryl/α,β-unsaturated/α-hetero) is 1. The molecule has 0 aromatic heterocycles. The predicted octanol–water partition coefficient (Wildman–Crippen LogP) is 3.79. The summed E-state index contributed by atoms with van der Waals surface area (Å²) in [6, 6.07) is 0. The van der Waals surface area contributed by atoms with Crippen molar-refractivity contribution in [1.29, 1.82) is 0 Å². The van der Waals surface area contributed by atoms with Crippen LogP contribution in [-0.2, 0) is 4.79 Å². The van der Waals surface area contributed by atoms with Gasteiger partial charge < -0.3 is 20.4 Å². The first-order valence-electron chi connectivity index (χ1n) is 13.0. The number of rotatable bonds is 6. The van der Waals surface area contributed by atoms with Crippen molar-refractivity contribution in [3.8, 4) is 0 Å². The standard InChI is InChI=1S/C28H44O5/c1-15(17(3)14-29)6-7-16(2)20-13-23(32)24-18-12-22(31)25-26(33)21(30)9-11-27(25,4)19(18)8-10-28(20,24)5/h16-17,19-22,25-26,29-31,33H,1,6-14H2,2-5H3/t16-,17-,19+,20-,21+,22+,25?,26+,27-,28-/m1/s1. The smallest absolute Gasteiger partial charge is 0.159 e. The molecule has 4 rings (SSSR count). The lowest BCUT2D eigenvalue weighted by molar-refractivity contribution is -0.166. The van der Waals surface area contributed by atoms with Crippen LogP contribution >= 0.6 is 0 Å². The summed E-state index contributed by atoms with van der Waals surface area (Å²) in [6.45, 7) is 13.0. The van der Waals surface area contributed by atoms with Gasteiger partial charge in [0.15, 0.2) is 5.78 Å². The van der Waals surface area contributed by atoms with Crippen molar-refractivity contribution in [2.24, 2.45) is 40.4 Å². The van der Waals surface area contributed by atoms with Crippen LogP contribution in [-0.4, -0.2) is 51.1 Å². The van der Waals surface area contributed by atoms with E-state index in [0.29, 0.717) is 25.2 Å². The van der Waals surface area contributed by atoms with Crippen molar-refractivity contribution in [1.82, 2.24) is 0 Å². The molecule has 0 bridgehead atoms. The number of hydrogen-bond donors (Lipinski definition) is 4. The molecule has 0 heterocycles. The van der Waals surface area contributed by atoms with Crippen LogP contribution in [0.25, 0.3) is 0 Å². The number of carbonyl (C=O) groups is 1. The molecule has 0 aliphatic heterocycles. The topological polar surface area (TPSA) is 98.0 Å². The fraction of sp³-hybridized carbons (Fsp3) is 0.821. The molecule has 10 atom stereocenters. The van der Waals surface area contributed by atoms with Crippen molar-refractivity contribution in [2.75, 3.05) is 6.61 Å². The maximum Gasteiger partial charge on any atom is 0.159 e. The zero-order valence-corrected chi connectivity index (χ0v) is 20.9. The molecule has 1 unspecified atom stereocenters. The number of fused-ring (bicyclic) bond motifs is 4. The molecule has 0 radical (unpaired) electrons. The molecule has 186 valence electrons. The van der Waals surface area contributed by atoms with E-state index >= 15 is 0 Å². The summed E-state index contributed by atoms with van der Waals surface area (Å²) < 4.78 is 0. The zero-order chi connectivity index (χ0) is 24.3. The van der Waals surface area contributed by atoms with Crippen molar-refractivity contribution < 1.29 is 25.2 Å². The summed E-state index contributed by atoms with van der Waals surface area (Å²) in [6.07, 6.45) is 3.69. The largest absolute Gasteiger partial charge is 0.396 e. The fourth-order valence-corrected chi connectivity index (χ4v) is 8.32. The van der Waals surface area contributed by atoms with E-state index in [9.17, 15) is 25.2 Å². The van der Waals surface area contributed by atoms with Crippen LogP contribution in [0.5, 0.6) is 0 Å². The summed E-state index contributed by atoms with van der Waals surface area (Å²) in [4.78, 5) is 13.5. The number of aliphatic hydroxyl groups is 4. The van der Waals surface area contributed by atoms with Crippen LogP contribution in [0.3, 0.4) is 0 Å². The van der Waals surface area contributed by atoms with Crippen LogP contribution in [0.15, 0.2) is 23.3 Å². The van der Waals surface area contributed by atoms with E-state index in [1.807, 2.05) is 6.92 Å². The monoisotopic (exact) mass is 460 g/mol. The number of ketones is 1. The Labute approximate surface area is 199 Å². The molecule has 4 N–H and O–H groups in total. The summed E-state index contributed by atoms with van der Waals surface area (Å²) >= 11 is 0. The Hall–Kier alpha value is -1.01. The van der Waals surface area contributed by atoms with Crippen molar-refractivity contribution in [3.05, 3.63) is 23.3 Å². The highest BCUT2D eigenvalue weighted by Gasteiger charge is 2.61. The summed E-state index contributed by atoms with van der Waals surface area (Å²) in [7, 11) is 0. The highest BCUT2D eigenvalue weighted by atomic mass is 16.3. The molecule has 0 aromatic rings. The van der Waals surface area contributed by atoms with Gasteiger partial charge in [0.25, 0.3) is 0 Å². The van der Waals surface area contributed by atoms with Gasteiger partial charge in [0.05, 0.1) is 18.3 Å². The Morgan fingerprint density at radius 1 is 1.09 bits per heavy atom. The molecular formula is C28H44O5. The summed E-state index contributed by atoms with van der Waals surface area (Å²) in [5.41, 5.74) is 2.76. The maximum absolute atomic E-state index is 13.5. The van der Waals surface area contributed by atoms with Gasteiger partial charge >= 0.3 is 0 Å². The van der Waals surface area contributed by atoms with Gasteiger partial charge in [-0.1, -0.05) is 45.4 Å². The quantitative estimate of drug-likeness (QED) is 0.452. The normalized spacial score (nSPS) is 44.7. The molecule has 5 nitrogen and oxygen atoms in total. The van der Waals surface area contributed by atoms with Crippen molar-refractivity contribution in [2.45, 2.75) is 97.4 Å². The van der Waals surface area contributed by atoms with Crippen LogP contribution in [0.2, 0.25) is 0 Å². The lowest BCUT2D eigenvalue weighted by Crippen LogP contribution is -2.59. The molecular weight excluding hydrogens is 416 g/mol. The Kier molecular flexibility index (Phi) is 6.76. The summed E-state index contributed by atoms with van der Waals surface area (Å²) in [5, 5.41) is 41.6. The predicted molar refractivity (Wildman–Crippen MR) is 128 cm³/mol. The lowest BCUT2D eigenvalue weighted by Gasteiger charge is -2.59. The third-order valence-electron chi connectivity index (χ3n) is 10.5. The summed E-state index contributed by atoms with van der Waals surface area (Å²) in [5.74, 6) is 0.868. The molecule has 33 heavy (non-hydrogen) atoms. The highest BCUT2D eigenvalue weighted by molar-refractivity contribution is 6.00. The Bertz CT molecular complexity index is 832. The third-order valence-corrected chi connectivity index (χ3v) is 10.5. The zero-order valence-electron chi connectivity index (χ0n) is 20.9. The van der Waals surface area contributed by atoms with E-state index < -0.39 is 18.3 Å². The average Bonchev–Trinajstić information content (AvgIpc) is 3.04. The van der Waals surface area contributed by atoms with Crippen LogP contribution in [0, 0.1) is 40.4 Å². The second-order valence-corrected chi connectivity index (χ2v) is 12.3. The van der Waals surface area contributed by atoms with Gasteiger partial charge in [0.2, 0.25) is 0 Å². The minimum Gasteiger partial charge on any atom is -0.396 e. The molecule has 3 saturated carbocycles. The highest BCUT2D eigenvalue weighted by Crippen LogP contribution is 2.65. The number of aliphatic hydroxyl groups excluding tert-OH is 4. The molecule has 4 aliphatic carbocycles. The lowest BCUT2D eigenvalue weighted by atomic mass is 9.47. The van der Waals surface area contributed by atoms with E-state index in [4.69, 9.17) is 0 Å². The van der Waals surface area contributed by atoms with E-state index in [1.54, 1.807) is 0 Å². The van der Waals surface area contributed by atoms with Gasteiger partial charge in [-0.05, 0) is 79.4 Å². The number of carbonyl (C=O) groups excluding carboxylic acids is 1. The van der Waals surface area contributed by atoms with E-state index in [-0.39, 0.29) is 46.9 Å². The molecule has 0 amide bonds. The van der Waals surface area contributed by atoms with Crippen LogP contribution in [0.1, 0.15) is 79.1 Å². The number of hydrogen-bond acceptors (Lipinski definition) is 5. The van der Waals surface area contributed by atoms with E-state index in [0.717, 1.165) is 48.8 Å². The van der Waals surface area contributed by atoms with Crippen LogP contribution in [0.4, 0.5) is 0 Å². The van der Waals surface area contributed by atoms with E-state index in [1.165, 1.54) is 0 Å². The first-order valence-corrected chi connectivity index (χ1v) is 13.0. The minimum atomic E-state index is -0.903. The van der Waals surface area contributed by atoms with Gasteiger partial charge in [-0.2, -0.15) is 0 Å². The number of allylic oxidation sites excluding steroid dienone is 1. The fourth-order valence-electron chi connectivity index (χ4n) is 8.32. The third kappa shape index (κ3) is 3.87. The van der Waals surface area contributed by atoms with Crippen molar-refractivity contribution >= 4 is 5.78 Å². The van der Waals surface area contributed by atoms with Gasteiger partial charge in [-0.3, -0.25) is 4.79 Å². The second kappa shape index (κ2) is 8.89.